The van der Waals surface area contributed by atoms with Crippen LogP contribution in [0.4, 0.5) is 0 Å². The first-order chi connectivity index (χ1) is 8.42. The first kappa shape index (κ1) is 16.4. The summed E-state index contributed by atoms with van der Waals surface area (Å²) >= 11 is 0. The average molecular weight is 260 g/mol. The topological polar surface area (TPSA) is 78.9 Å². The summed E-state index contributed by atoms with van der Waals surface area (Å²) in [7, 11) is 1.24. The molecule has 0 fully saturated rings. The van der Waals surface area contributed by atoms with Crippen LogP contribution in [0.5, 0.6) is 0 Å². The van der Waals surface area contributed by atoms with Crippen molar-refractivity contribution in [3.63, 3.8) is 0 Å². The largest absolute Gasteiger partial charge is 0.469 e. The second-order valence-corrected chi connectivity index (χ2v) is 3.85. The van der Waals surface area contributed by atoms with Crippen LogP contribution in [0, 0.1) is 5.41 Å². The molecule has 6 nitrogen and oxygen atoms in total. The molecule has 0 atom stereocenters. The molecule has 0 bridgehead atoms. The Morgan fingerprint density at radius 3 is 1.78 bits per heavy atom. The Hall–Kier alpha value is -1.59. The van der Waals surface area contributed by atoms with E-state index in [4.69, 9.17) is 9.47 Å². The van der Waals surface area contributed by atoms with E-state index in [-0.39, 0.29) is 26.1 Å². The van der Waals surface area contributed by atoms with Crippen molar-refractivity contribution in [2.45, 2.75) is 33.6 Å². The van der Waals surface area contributed by atoms with Gasteiger partial charge in [-0.1, -0.05) is 0 Å². The van der Waals surface area contributed by atoms with Crippen molar-refractivity contribution in [2.24, 2.45) is 5.41 Å². The van der Waals surface area contributed by atoms with Gasteiger partial charge in [0.1, 0.15) is 0 Å². The lowest BCUT2D eigenvalue weighted by molar-refractivity contribution is -0.171. The molecular weight excluding hydrogens is 240 g/mol. The van der Waals surface area contributed by atoms with E-state index in [0.717, 1.165) is 0 Å². The van der Waals surface area contributed by atoms with Crippen molar-refractivity contribution in [3.05, 3.63) is 0 Å². The highest BCUT2D eigenvalue weighted by molar-refractivity contribution is 5.99. The molecule has 6 heteroatoms. The first-order valence-electron chi connectivity index (χ1n) is 5.83. The van der Waals surface area contributed by atoms with E-state index >= 15 is 0 Å². The Balaban J connectivity index is 4.84. The lowest BCUT2D eigenvalue weighted by atomic mass is 9.85. The van der Waals surface area contributed by atoms with Crippen LogP contribution in [-0.4, -0.2) is 38.2 Å². The van der Waals surface area contributed by atoms with E-state index in [1.165, 1.54) is 14.0 Å². The molecule has 0 radical (unpaired) electrons. The number of hydrogen-bond acceptors (Lipinski definition) is 6. The summed E-state index contributed by atoms with van der Waals surface area (Å²) in [5.74, 6) is -1.87. The van der Waals surface area contributed by atoms with Crippen LogP contribution in [0.25, 0.3) is 0 Å². The van der Waals surface area contributed by atoms with E-state index in [1.54, 1.807) is 13.8 Å². The second-order valence-electron chi connectivity index (χ2n) is 3.85. The van der Waals surface area contributed by atoms with Crippen LogP contribution >= 0.6 is 0 Å². The molecule has 0 heterocycles. The smallest absolute Gasteiger partial charge is 0.323 e. The summed E-state index contributed by atoms with van der Waals surface area (Å²) in [6.07, 6.45) is -0.0536. The highest BCUT2D eigenvalue weighted by Gasteiger charge is 2.44. The number of hydrogen-bond donors (Lipinski definition) is 0. The lowest BCUT2D eigenvalue weighted by Crippen LogP contribution is -2.40. The van der Waals surface area contributed by atoms with Gasteiger partial charge in [0.05, 0.1) is 20.3 Å². The molecule has 0 saturated heterocycles. The summed E-state index contributed by atoms with van der Waals surface area (Å²) in [4.78, 5) is 34.7. The number of esters is 3. The second kappa shape index (κ2) is 7.68. The zero-order valence-corrected chi connectivity index (χ0v) is 11.3. The number of ether oxygens (including phenoxy) is 3. The molecule has 18 heavy (non-hydrogen) atoms. The standard InChI is InChI=1S/C12H20O6/c1-5-17-10(14)12(3,11(15)18-6-2)8-7-9(13)16-4/h5-8H2,1-4H3. The SMILES string of the molecule is CCOC(=O)C(C)(CCC(=O)OC)C(=O)OCC. The molecule has 0 aliphatic rings. The number of methoxy groups -OCH3 is 1. The molecule has 0 spiro atoms. The summed E-state index contributed by atoms with van der Waals surface area (Å²) in [6, 6.07) is 0. The van der Waals surface area contributed by atoms with Gasteiger partial charge in [0.15, 0.2) is 5.41 Å². The van der Waals surface area contributed by atoms with Gasteiger partial charge in [-0.15, -0.1) is 0 Å². The fourth-order valence-electron chi connectivity index (χ4n) is 1.32. The fourth-order valence-corrected chi connectivity index (χ4v) is 1.32. The Labute approximate surface area is 107 Å². The minimum absolute atomic E-state index is 0.00264. The Bertz CT molecular complexity index is 292. The van der Waals surface area contributed by atoms with Crippen LogP contribution in [0.15, 0.2) is 0 Å². The third-order valence-corrected chi connectivity index (χ3v) is 2.51. The van der Waals surface area contributed by atoms with Crippen molar-refractivity contribution in [1.29, 1.82) is 0 Å². The monoisotopic (exact) mass is 260 g/mol. The fraction of sp³-hybridized carbons (Fsp3) is 0.750. The van der Waals surface area contributed by atoms with Gasteiger partial charge in [-0.25, -0.2) is 0 Å². The maximum Gasteiger partial charge on any atom is 0.323 e. The molecule has 0 amide bonds. The molecule has 0 rings (SSSR count). The molecule has 0 aromatic rings. The Morgan fingerprint density at radius 1 is 1.00 bits per heavy atom. The summed E-state index contributed by atoms with van der Waals surface area (Å²) < 4.78 is 14.2. The predicted octanol–water partition coefficient (Wildman–Crippen LogP) is 1.07. The summed E-state index contributed by atoms with van der Waals surface area (Å²) in [5.41, 5.74) is -1.47. The highest BCUT2D eigenvalue weighted by atomic mass is 16.6. The molecule has 0 unspecified atom stereocenters. The number of rotatable bonds is 7. The van der Waals surface area contributed by atoms with Gasteiger partial charge in [-0.05, 0) is 27.2 Å². The molecule has 0 aliphatic carbocycles. The van der Waals surface area contributed by atoms with Crippen LogP contribution in [0.2, 0.25) is 0 Å². The van der Waals surface area contributed by atoms with E-state index in [2.05, 4.69) is 4.74 Å². The van der Waals surface area contributed by atoms with Gasteiger partial charge >= 0.3 is 17.9 Å². The highest BCUT2D eigenvalue weighted by Crippen LogP contribution is 2.27. The van der Waals surface area contributed by atoms with Crippen molar-refractivity contribution >= 4 is 17.9 Å². The minimum atomic E-state index is -1.47. The Kier molecular flexibility index (Phi) is 7.00. The van der Waals surface area contributed by atoms with Gasteiger partial charge in [-0.3, -0.25) is 14.4 Å². The number of carbonyl (C=O) groups excluding carboxylic acids is 3. The molecule has 0 saturated carbocycles. The first-order valence-corrected chi connectivity index (χ1v) is 5.83. The van der Waals surface area contributed by atoms with Crippen molar-refractivity contribution < 1.29 is 28.6 Å². The van der Waals surface area contributed by atoms with Crippen LogP contribution in [0.3, 0.4) is 0 Å². The zero-order chi connectivity index (χ0) is 14.2. The van der Waals surface area contributed by atoms with Crippen LogP contribution in [0.1, 0.15) is 33.6 Å². The lowest BCUT2D eigenvalue weighted by Gasteiger charge is -2.24. The van der Waals surface area contributed by atoms with Crippen LogP contribution < -0.4 is 0 Å². The van der Waals surface area contributed by atoms with E-state index in [1.807, 2.05) is 0 Å². The molecular formula is C12H20O6. The van der Waals surface area contributed by atoms with Crippen molar-refractivity contribution in [2.75, 3.05) is 20.3 Å². The van der Waals surface area contributed by atoms with Gasteiger partial charge in [0.25, 0.3) is 0 Å². The quantitative estimate of drug-likeness (QED) is 0.387. The third-order valence-electron chi connectivity index (χ3n) is 2.51. The van der Waals surface area contributed by atoms with Crippen molar-refractivity contribution in [3.8, 4) is 0 Å². The minimum Gasteiger partial charge on any atom is -0.469 e. The maximum atomic E-state index is 11.8. The summed E-state index contributed by atoms with van der Waals surface area (Å²) in [6.45, 7) is 5.01. The molecule has 0 aromatic carbocycles. The molecule has 0 aromatic heterocycles. The normalized spacial score (nSPS) is 10.7. The molecule has 0 N–H and O–H groups in total. The van der Waals surface area contributed by atoms with E-state index in [0.29, 0.717) is 0 Å². The third kappa shape index (κ3) is 4.35. The Morgan fingerprint density at radius 2 is 1.44 bits per heavy atom. The van der Waals surface area contributed by atoms with Gasteiger partial charge in [0, 0.05) is 6.42 Å². The number of carbonyl (C=O) groups is 3. The van der Waals surface area contributed by atoms with E-state index < -0.39 is 23.3 Å². The molecule has 104 valence electrons. The molecule has 0 aliphatic heterocycles. The van der Waals surface area contributed by atoms with Gasteiger partial charge < -0.3 is 14.2 Å². The maximum absolute atomic E-state index is 11.8. The van der Waals surface area contributed by atoms with E-state index in [9.17, 15) is 14.4 Å². The average Bonchev–Trinajstić information content (AvgIpc) is 2.35. The van der Waals surface area contributed by atoms with Gasteiger partial charge in [-0.2, -0.15) is 0 Å². The zero-order valence-electron chi connectivity index (χ0n) is 11.3. The predicted molar refractivity (Wildman–Crippen MR) is 62.6 cm³/mol. The van der Waals surface area contributed by atoms with Crippen molar-refractivity contribution in [1.82, 2.24) is 0 Å². The van der Waals surface area contributed by atoms with Gasteiger partial charge in [0.2, 0.25) is 0 Å². The van der Waals surface area contributed by atoms with Crippen LogP contribution in [-0.2, 0) is 28.6 Å². The summed E-state index contributed by atoms with van der Waals surface area (Å²) in [5, 5.41) is 0.